The summed E-state index contributed by atoms with van der Waals surface area (Å²) in [5, 5.41) is 9.07. The zero-order valence-electron chi connectivity index (χ0n) is 10.6. The Bertz CT molecular complexity index is 629. The number of benzene rings is 1. The molecule has 0 spiro atoms. The summed E-state index contributed by atoms with van der Waals surface area (Å²) < 4.78 is 5.28. The van der Waals surface area contributed by atoms with Crippen molar-refractivity contribution in [3.63, 3.8) is 0 Å². The van der Waals surface area contributed by atoms with Gasteiger partial charge in [0.2, 0.25) is 0 Å². The van der Waals surface area contributed by atoms with Crippen LogP contribution in [0.4, 0.5) is 0 Å². The number of aryl methyl sites for hydroxylation is 1. The first kappa shape index (κ1) is 12.1. The van der Waals surface area contributed by atoms with Crippen molar-refractivity contribution in [1.29, 1.82) is 5.26 Å². The monoisotopic (exact) mass is 239 g/mol. The van der Waals surface area contributed by atoms with Crippen LogP contribution in [0.25, 0.3) is 11.4 Å². The lowest BCUT2D eigenvalue weighted by Gasteiger charge is -2.09. The van der Waals surface area contributed by atoms with Crippen molar-refractivity contribution in [2.24, 2.45) is 0 Å². The van der Waals surface area contributed by atoms with E-state index < -0.39 is 0 Å². The maximum absolute atomic E-state index is 9.07. The first-order chi connectivity index (χ1) is 8.67. The summed E-state index contributed by atoms with van der Waals surface area (Å²) in [6, 6.07) is 9.59. The summed E-state index contributed by atoms with van der Waals surface area (Å²) in [4.78, 5) is 8.70. The van der Waals surface area contributed by atoms with Gasteiger partial charge in [0.05, 0.1) is 12.7 Å². The molecule has 0 atom stereocenters. The second-order valence-electron chi connectivity index (χ2n) is 3.92. The van der Waals surface area contributed by atoms with Crippen LogP contribution in [0.3, 0.4) is 0 Å². The van der Waals surface area contributed by atoms with Crippen LogP contribution in [-0.2, 0) is 0 Å². The average molecular weight is 239 g/mol. The zero-order chi connectivity index (χ0) is 13.1. The van der Waals surface area contributed by atoms with Gasteiger partial charge in [-0.05, 0) is 26.0 Å². The van der Waals surface area contributed by atoms with Gasteiger partial charge in [-0.3, -0.25) is 0 Å². The molecule has 2 aromatic rings. The number of methoxy groups -OCH3 is 1. The van der Waals surface area contributed by atoms with Crippen LogP contribution in [0.1, 0.15) is 17.0 Å². The van der Waals surface area contributed by atoms with Crippen LogP contribution < -0.4 is 4.74 Å². The maximum Gasteiger partial charge on any atom is 0.164 e. The van der Waals surface area contributed by atoms with Crippen molar-refractivity contribution >= 4 is 0 Å². The Kier molecular flexibility index (Phi) is 3.24. The van der Waals surface area contributed by atoms with E-state index in [-0.39, 0.29) is 0 Å². The summed E-state index contributed by atoms with van der Waals surface area (Å²) in [5.74, 6) is 1.22. The standard InChI is InChI=1S/C14H13N3O/c1-9-10(2)16-14(17-12(9)8-15)11-6-4-5-7-13(11)18-3/h4-7H,1-3H3. The molecule has 0 radical (unpaired) electrons. The maximum atomic E-state index is 9.07. The fourth-order valence-electron chi connectivity index (χ4n) is 1.69. The first-order valence-electron chi connectivity index (χ1n) is 5.56. The van der Waals surface area contributed by atoms with E-state index in [1.54, 1.807) is 7.11 Å². The smallest absolute Gasteiger partial charge is 0.164 e. The van der Waals surface area contributed by atoms with Gasteiger partial charge in [0.1, 0.15) is 17.5 Å². The highest BCUT2D eigenvalue weighted by atomic mass is 16.5. The van der Waals surface area contributed by atoms with Crippen molar-refractivity contribution < 1.29 is 4.74 Å². The predicted octanol–water partition coefficient (Wildman–Crippen LogP) is 2.64. The number of hydrogen-bond donors (Lipinski definition) is 0. The number of nitriles is 1. The third-order valence-corrected chi connectivity index (χ3v) is 2.84. The van der Waals surface area contributed by atoms with Crippen molar-refractivity contribution in [1.82, 2.24) is 9.97 Å². The topological polar surface area (TPSA) is 58.8 Å². The highest BCUT2D eigenvalue weighted by Gasteiger charge is 2.12. The highest BCUT2D eigenvalue weighted by Crippen LogP contribution is 2.27. The Hall–Kier alpha value is -2.41. The molecule has 0 amide bonds. The number of nitrogens with zero attached hydrogens (tertiary/aromatic N) is 3. The van der Waals surface area contributed by atoms with Crippen LogP contribution >= 0.6 is 0 Å². The Balaban J connectivity index is 2.65. The predicted molar refractivity (Wildman–Crippen MR) is 68.2 cm³/mol. The number of rotatable bonds is 2. The van der Waals surface area contributed by atoms with E-state index in [0.29, 0.717) is 17.3 Å². The van der Waals surface area contributed by atoms with Crippen molar-refractivity contribution in [2.45, 2.75) is 13.8 Å². The van der Waals surface area contributed by atoms with Gasteiger partial charge < -0.3 is 4.74 Å². The Morgan fingerprint density at radius 2 is 1.89 bits per heavy atom. The summed E-state index contributed by atoms with van der Waals surface area (Å²) in [7, 11) is 1.60. The van der Waals surface area contributed by atoms with Crippen LogP contribution in [0.2, 0.25) is 0 Å². The first-order valence-corrected chi connectivity index (χ1v) is 5.56. The molecule has 2 rings (SSSR count). The normalized spacial score (nSPS) is 9.89. The largest absolute Gasteiger partial charge is 0.496 e. The molecule has 90 valence electrons. The lowest BCUT2D eigenvalue weighted by Crippen LogP contribution is -2.00. The second-order valence-corrected chi connectivity index (χ2v) is 3.92. The van der Waals surface area contributed by atoms with Gasteiger partial charge in [-0.25, -0.2) is 9.97 Å². The number of aromatic nitrogens is 2. The quantitative estimate of drug-likeness (QED) is 0.808. The molecule has 0 unspecified atom stereocenters. The van der Waals surface area contributed by atoms with Gasteiger partial charge in [0.15, 0.2) is 5.82 Å². The molecule has 4 heteroatoms. The van der Waals surface area contributed by atoms with E-state index in [2.05, 4.69) is 16.0 Å². The van der Waals surface area contributed by atoms with Crippen molar-refractivity contribution in [3.05, 3.63) is 41.2 Å². The Labute approximate surface area is 106 Å². The van der Waals surface area contributed by atoms with Crippen molar-refractivity contribution in [2.75, 3.05) is 7.11 Å². The minimum atomic E-state index is 0.406. The van der Waals surface area contributed by atoms with E-state index in [1.165, 1.54) is 0 Å². The van der Waals surface area contributed by atoms with E-state index in [9.17, 15) is 0 Å². The molecule has 1 aromatic carbocycles. The van der Waals surface area contributed by atoms with Gasteiger partial charge in [0, 0.05) is 11.3 Å². The Morgan fingerprint density at radius 1 is 1.17 bits per heavy atom. The minimum absolute atomic E-state index is 0.406. The fourth-order valence-corrected chi connectivity index (χ4v) is 1.69. The molecule has 1 heterocycles. The van der Waals surface area contributed by atoms with Crippen LogP contribution in [0.15, 0.2) is 24.3 Å². The average Bonchev–Trinajstić information content (AvgIpc) is 2.41. The molecule has 0 aliphatic rings. The number of hydrogen-bond acceptors (Lipinski definition) is 4. The SMILES string of the molecule is COc1ccccc1-c1nc(C)c(C)c(C#N)n1. The molecule has 0 aliphatic carbocycles. The van der Waals surface area contributed by atoms with Gasteiger partial charge in [0.25, 0.3) is 0 Å². The molecule has 1 aromatic heterocycles. The van der Waals surface area contributed by atoms with Gasteiger partial charge in [-0.1, -0.05) is 12.1 Å². The van der Waals surface area contributed by atoms with Gasteiger partial charge in [-0.15, -0.1) is 0 Å². The summed E-state index contributed by atoms with van der Waals surface area (Å²) in [6.45, 7) is 3.72. The van der Waals surface area contributed by atoms with Gasteiger partial charge in [-0.2, -0.15) is 5.26 Å². The summed E-state index contributed by atoms with van der Waals surface area (Å²) in [6.07, 6.45) is 0. The molecular formula is C14H13N3O. The zero-order valence-corrected chi connectivity index (χ0v) is 10.6. The number of ether oxygens (including phenoxy) is 1. The van der Waals surface area contributed by atoms with Crippen LogP contribution in [0.5, 0.6) is 5.75 Å². The van der Waals surface area contributed by atoms with Crippen molar-refractivity contribution in [3.8, 4) is 23.2 Å². The lowest BCUT2D eigenvalue weighted by atomic mass is 10.1. The van der Waals surface area contributed by atoms with Gasteiger partial charge >= 0.3 is 0 Å². The minimum Gasteiger partial charge on any atom is -0.496 e. The molecule has 0 bridgehead atoms. The molecular weight excluding hydrogens is 226 g/mol. The molecule has 0 saturated carbocycles. The number of para-hydroxylation sites is 1. The highest BCUT2D eigenvalue weighted by molar-refractivity contribution is 5.64. The molecule has 0 aliphatic heterocycles. The summed E-state index contributed by atoms with van der Waals surface area (Å²) >= 11 is 0. The third-order valence-electron chi connectivity index (χ3n) is 2.84. The lowest BCUT2D eigenvalue weighted by molar-refractivity contribution is 0.416. The molecule has 0 fully saturated rings. The van der Waals surface area contributed by atoms with E-state index in [1.807, 2.05) is 38.1 Å². The molecule has 0 saturated heterocycles. The summed E-state index contributed by atoms with van der Waals surface area (Å²) in [5.41, 5.74) is 2.82. The molecule has 18 heavy (non-hydrogen) atoms. The fraction of sp³-hybridized carbons (Fsp3) is 0.214. The Morgan fingerprint density at radius 3 is 2.56 bits per heavy atom. The third kappa shape index (κ3) is 2.03. The van der Waals surface area contributed by atoms with E-state index in [0.717, 1.165) is 16.8 Å². The second kappa shape index (κ2) is 4.84. The van der Waals surface area contributed by atoms with E-state index in [4.69, 9.17) is 10.00 Å². The molecule has 4 nitrogen and oxygen atoms in total. The van der Waals surface area contributed by atoms with Crippen LogP contribution in [-0.4, -0.2) is 17.1 Å². The van der Waals surface area contributed by atoms with E-state index >= 15 is 0 Å². The van der Waals surface area contributed by atoms with Crippen LogP contribution in [0, 0.1) is 25.2 Å². The molecule has 0 N–H and O–H groups in total.